The zero-order chi connectivity index (χ0) is 9.90. The molecule has 1 rings (SSSR count). The SMILES string of the molecule is CC(C)(CN)CN1CCCC(=O)N1. The van der Waals surface area contributed by atoms with Crippen LogP contribution in [0.15, 0.2) is 0 Å². The predicted octanol–water partition coefficient (Wildman–Crippen LogP) is 0.0983. The van der Waals surface area contributed by atoms with E-state index in [0.29, 0.717) is 13.0 Å². The van der Waals surface area contributed by atoms with E-state index in [0.717, 1.165) is 19.5 Å². The number of hydrazine groups is 1. The molecule has 0 unspecified atom stereocenters. The average molecular weight is 185 g/mol. The maximum Gasteiger partial charge on any atom is 0.234 e. The minimum Gasteiger partial charge on any atom is -0.330 e. The van der Waals surface area contributed by atoms with Crippen LogP contribution in [-0.2, 0) is 4.79 Å². The van der Waals surface area contributed by atoms with Gasteiger partial charge in [-0.25, -0.2) is 5.01 Å². The molecule has 0 bridgehead atoms. The molecule has 76 valence electrons. The number of amides is 1. The highest BCUT2D eigenvalue weighted by atomic mass is 16.2. The Kier molecular flexibility index (Phi) is 3.27. The van der Waals surface area contributed by atoms with Crippen molar-refractivity contribution in [2.24, 2.45) is 11.1 Å². The summed E-state index contributed by atoms with van der Waals surface area (Å²) in [5, 5.41) is 1.97. The molecule has 1 heterocycles. The Morgan fingerprint density at radius 3 is 2.85 bits per heavy atom. The molecule has 1 aliphatic rings. The third kappa shape index (κ3) is 3.32. The van der Waals surface area contributed by atoms with Crippen molar-refractivity contribution in [1.29, 1.82) is 0 Å². The van der Waals surface area contributed by atoms with Crippen LogP contribution < -0.4 is 11.2 Å². The number of hydrogen-bond acceptors (Lipinski definition) is 3. The van der Waals surface area contributed by atoms with Gasteiger partial charge in [0.25, 0.3) is 0 Å². The molecule has 0 aromatic heterocycles. The van der Waals surface area contributed by atoms with E-state index in [1.807, 2.05) is 5.01 Å². The molecule has 3 N–H and O–H groups in total. The minimum atomic E-state index is 0.0740. The van der Waals surface area contributed by atoms with Crippen LogP contribution in [0.2, 0.25) is 0 Å². The highest BCUT2D eigenvalue weighted by molar-refractivity contribution is 5.75. The van der Waals surface area contributed by atoms with Gasteiger partial charge >= 0.3 is 0 Å². The second-order valence-corrected chi connectivity index (χ2v) is 4.43. The predicted molar refractivity (Wildman–Crippen MR) is 51.8 cm³/mol. The molecular weight excluding hydrogens is 166 g/mol. The van der Waals surface area contributed by atoms with Crippen molar-refractivity contribution in [2.45, 2.75) is 26.7 Å². The first-order chi connectivity index (χ1) is 6.03. The molecule has 0 spiro atoms. The Morgan fingerprint density at radius 1 is 1.62 bits per heavy atom. The van der Waals surface area contributed by atoms with Crippen molar-refractivity contribution in [1.82, 2.24) is 10.4 Å². The van der Waals surface area contributed by atoms with Gasteiger partial charge in [-0.15, -0.1) is 0 Å². The molecule has 0 aliphatic carbocycles. The lowest BCUT2D eigenvalue weighted by Gasteiger charge is -2.34. The topological polar surface area (TPSA) is 58.4 Å². The minimum absolute atomic E-state index is 0.0740. The summed E-state index contributed by atoms with van der Waals surface area (Å²) in [5.41, 5.74) is 8.54. The number of carbonyl (C=O) groups excluding carboxylic acids is 1. The van der Waals surface area contributed by atoms with Gasteiger partial charge in [0.05, 0.1) is 0 Å². The lowest BCUT2D eigenvalue weighted by molar-refractivity contribution is -0.129. The van der Waals surface area contributed by atoms with Gasteiger partial charge in [0.1, 0.15) is 0 Å². The Hall–Kier alpha value is -0.610. The van der Waals surface area contributed by atoms with E-state index >= 15 is 0 Å². The summed E-state index contributed by atoms with van der Waals surface area (Å²) in [5.74, 6) is 0.124. The molecule has 4 heteroatoms. The number of rotatable bonds is 3. The fourth-order valence-corrected chi connectivity index (χ4v) is 1.42. The Labute approximate surface area is 79.4 Å². The third-order valence-corrected chi connectivity index (χ3v) is 2.29. The largest absolute Gasteiger partial charge is 0.330 e. The molecule has 1 aliphatic heterocycles. The monoisotopic (exact) mass is 185 g/mol. The highest BCUT2D eigenvalue weighted by Crippen LogP contribution is 2.15. The zero-order valence-electron chi connectivity index (χ0n) is 8.47. The van der Waals surface area contributed by atoms with Crippen molar-refractivity contribution >= 4 is 5.91 Å². The summed E-state index contributed by atoms with van der Waals surface area (Å²) < 4.78 is 0. The smallest absolute Gasteiger partial charge is 0.234 e. The van der Waals surface area contributed by atoms with Gasteiger partial charge in [-0.1, -0.05) is 13.8 Å². The second-order valence-electron chi connectivity index (χ2n) is 4.43. The molecule has 1 amide bonds. The van der Waals surface area contributed by atoms with E-state index in [1.54, 1.807) is 0 Å². The fourth-order valence-electron chi connectivity index (χ4n) is 1.42. The molecule has 0 aromatic rings. The van der Waals surface area contributed by atoms with E-state index in [4.69, 9.17) is 5.73 Å². The third-order valence-electron chi connectivity index (χ3n) is 2.29. The van der Waals surface area contributed by atoms with Crippen molar-refractivity contribution in [2.75, 3.05) is 19.6 Å². The molecule has 13 heavy (non-hydrogen) atoms. The van der Waals surface area contributed by atoms with E-state index < -0.39 is 0 Å². The standard InChI is InChI=1S/C9H19N3O/c1-9(2,6-10)7-12-5-3-4-8(13)11-12/h3-7,10H2,1-2H3,(H,11,13). The molecule has 1 saturated heterocycles. The summed E-state index contributed by atoms with van der Waals surface area (Å²) >= 11 is 0. The van der Waals surface area contributed by atoms with E-state index in [2.05, 4.69) is 19.3 Å². The molecule has 4 nitrogen and oxygen atoms in total. The van der Waals surface area contributed by atoms with Crippen LogP contribution in [-0.4, -0.2) is 30.6 Å². The van der Waals surface area contributed by atoms with Gasteiger partial charge < -0.3 is 5.73 Å². The number of nitrogens with two attached hydrogens (primary N) is 1. The van der Waals surface area contributed by atoms with E-state index in [1.165, 1.54) is 0 Å². The normalized spacial score (nSPS) is 20.1. The Bertz CT molecular complexity index is 191. The second kappa shape index (κ2) is 4.07. The van der Waals surface area contributed by atoms with Gasteiger partial charge in [0.15, 0.2) is 0 Å². The van der Waals surface area contributed by atoms with E-state index in [-0.39, 0.29) is 11.3 Å². The number of carbonyl (C=O) groups is 1. The summed E-state index contributed by atoms with van der Waals surface area (Å²) in [6.07, 6.45) is 1.60. The van der Waals surface area contributed by atoms with Gasteiger partial charge in [-0.05, 0) is 18.4 Å². The zero-order valence-corrected chi connectivity index (χ0v) is 8.47. The lowest BCUT2D eigenvalue weighted by Crippen LogP contribution is -2.51. The first-order valence-electron chi connectivity index (χ1n) is 4.78. The number of nitrogens with zero attached hydrogens (tertiary/aromatic N) is 1. The molecule has 0 saturated carbocycles. The van der Waals surface area contributed by atoms with Crippen LogP contribution in [0.25, 0.3) is 0 Å². The van der Waals surface area contributed by atoms with Crippen LogP contribution in [0, 0.1) is 5.41 Å². The summed E-state index contributed by atoms with van der Waals surface area (Å²) in [6, 6.07) is 0. The fraction of sp³-hybridized carbons (Fsp3) is 0.889. The maximum atomic E-state index is 11.1. The van der Waals surface area contributed by atoms with Gasteiger partial charge in [-0.3, -0.25) is 10.2 Å². The Morgan fingerprint density at radius 2 is 2.31 bits per heavy atom. The molecule has 0 aromatic carbocycles. The van der Waals surface area contributed by atoms with Crippen LogP contribution in [0.3, 0.4) is 0 Å². The first kappa shape index (κ1) is 10.5. The average Bonchev–Trinajstić information content (AvgIpc) is 2.03. The van der Waals surface area contributed by atoms with Crippen LogP contribution >= 0.6 is 0 Å². The van der Waals surface area contributed by atoms with Crippen molar-refractivity contribution in [3.8, 4) is 0 Å². The van der Waals surface area contributed by atoms with Gasteiger partial charge in [0.2, 0.25) is 5.91 Å². The number of nitrogens with one attached hydrogen (secondary N) is 1. The highest BCUT2D eigenvalue weighted by Gasteiger charge is 2.23. The van der Waals surface area contributed by atoms with Crippen molar-refractivity contribution in [3.05, 3.63) is 0 Å². The van der Waals surface area contributed by atoms with Crippen LogP contribution in [0.1, 0.15) is 26.7 Å². The summed E-state index contributed by atoms with van der Waals surface area (Å²) in [4.78, 5) is 11.1. The van der Waals surface area contributed by atoms with Crippen molar-refractivity contribution < 1.29 is 4.79 Å². The molecule has 0 radical (unpaired) electrons. The van der Waals surface area contributed by atoms with Gasteiger partial charge in [0, 0.05) is 19.5 Å². The van der Waals surface area contributed by atoms with Crippen molar-refractivity contribution in [3.63, 3.8) is 0 Å². The van der Waals surface area contributed by atoms with Crippen LogP contribution in [0.5, 0.6) is 0 Å². The quantitative estimate of drug-likeness (QED) is 0.655. The van der Waals surface area contributed by atoms with E-state index in [9.17, 15) is 4.79 Å². The molecule has 0 atom stereocenters. The molecular formula is C9H19N3O. The number of hydrogen-bond donors (Lipinski definition) is 2. The van der Waals surface area contributed by atoms with Crippen LogP contribution in [0.4, 0.5) is 0 Å². The molecule has 1 fully saturated rings. The van der Waals surface area contributed by atoms with Gasteiger partial charge in [-0.2, -0.15) is 0 Å². The summed E-state index contributed by atoms with van der Waals surface area (Å²) in [7, 11) is 0. The Balaban J connectivity index is 2.40. The summed E-state index contributed by atoms with van der Waals surface area (Å²) in [6.45, 7) is 6.62. The maximum absolute atomic E-state index is 11.1. The lowest BCUT2D eigenvalue weighted by atomic mass is 9.93. The first-order valence-corrected chi connectivity index (χ1v) is 4.78.